The average molecular weight is 239 g/mol. The highest BCUT2D eigenvalue weighted by Crippen LogP contribution is 2.18. The Labute approximate surface area is 99.8 Å². The van der Waals surface area contributed by atoms with Gasteiger partial charge in [-0.25, -0.2) is 0 Å². The molecule has 1 aliphatic heterocycles. The third kappa shape index (κ3) is 2.62. The monoisotopic (exact) mass is 239 g/mol. The maximum absolute atomic E-state index is 11.9. The summed E-state index contributed by atoms with van der Waals surface area (Å²) in [5, 5.41) is 3.00. The van der Waals surface area contributed by atoms with Crippen molar-refractivity contribution in [2.45, 2.75) is 38.8 Å². The number of carbonyl (C=O) groups excluding carboxylic acids is 1. The Morgan fingerprint density at radius 3 is 3.00 bits per heavy atom. The first-order valence-corrected chi connectivity index (χ1v) is 6.47. The number of amides is 1. The quantitative estimate of drug-likeness (QED) is 0.879. The number of hydrogen-bond donors (Lipinski definition) is 1. The molecule has 2 atom stereocenters. The van der Waals surface area contributed by atoms with Gasteiger partial charge in [-0.1, -0.05) is 0 Å². The van der Waals surface area contributed by atoms with Gasteiger partial charge in [-0.2, -0.15) is 0 Å². The van der Waals surface area contributed by atoms with Crippen molar-refractivity contribution >= 4 is 17.2 Å². The highest BCUT2D eigenvalue weighted by Gasteiger charge is 2.24. The summed E-state index contributed by atoms with van der Waals surface area (Å²) in [6.07, 6.45) is 2.33. The summed E-state index contributed by atoms with van der Waals surface area (Å²) >= 11 is 1.53. The van der Waals surface area contributed by atoms with E-state index in [1.807, 2.05) is 26.0 Å². The molecule has 4 heteroatoms. The van der Waals surface area contributed by atoms with Crippen LogP contribution in [0, 0.1) is 6.92 Å². The summed E-state index contributed by atoms with van der Waals surface area (Å²) < 4.78 is 5.55. The van der Waals surface area contributed by atoms with Crippen LogP contribution in [-0.2, 0) is 4.74 Å². The van der Waals surface area contributed by atoms with E-state index >= 15 is 0 Å². The molecule has 0 radical (unpaired) electrons. The number of aryl methyl sites for hydroxylation is 1. The molecule has 1 saturated heterocycles. The lowest BCUT2D eigenvalue weighted by molar-refractivity contribution is 0.0714. The van der Waals surface area contributed by atoms with E-state index in [1.54, 1.807) is 0 Å². The maximum atomic E-state index is 11.9. The average Bonchev–Trinajstić information content (AvgIpc) is 2.87. The Bertz CT molecular complexity index is 369. The Kier molecular flexibility index (Phi) is 3.61. The van der Waals surface area contributed by atoms with Gasteiger partial charge >= 0.3 is 0 Å². The number of nitrogens with one attached hydrogen (secondary N) is 1. The minimum absolute atomic E-state index is 0.0149. The topological polar surface area (TPSA) is 38.3 Å². The van der Waals surface area contributed by atoms with E-state index < -0.39 is 0 Å². The maximum Gasteiger partial charge on any atom is 0.261 e. The van der Waals surface area contributed by atoms with Crippen LogP contribution in [0.1, 0.15) is 34.3 Å². The molecule has 88 valence electrons. The number of thiophene rings is 1. The van der Waals surface area contributed by atoms with Gasteiger partial charge in [0.25, 0.3) is 5.91 Å². The molecule has 1 N–H and O–H groups in total. The summed E-state index contributed by atoms with van der Waals surface area (Å²) in [6.45, 7) is 4.84. The fourth-order valence-corrected chi connectivity index (χ4v) is 2.69. The minimum atomic E-state index is 0.0149. The van der Waals surface area contributed by atoms with Gasteiger partial charge in [0.2, 0.25) is 0 Å². The number of carbonyl (C=O) groups is 1. The van der Waals surface area contributed by atoms with E-state index in [0.717, 1.165) is 29.2 Å². The molecule has 0 unspecified atom stereocenters. The predicted octanol–water partition coefficient (Wildman–Crippen LogP) is 2.35. The smallest absolute Gasteiger partial charge is 0.261 e. The number of rotatable bonds is 3. The van der Waals surface area contributed by atoms with Crippen LogP contribution in [0.5, 0.6) is 0 Å². The van der Waals surface area contributed by atoms with E-state index in [-0.39, 0.29) is 18.1 Å². The molecular formula is C12H17NO2S. The Hall–Kier alpha value is -0.870. The zero-order valence-electron chi connectivity index (χ0n) is 9.66. The summed E-state index contributed by atoms with van der Waals surface area (Å²) in [7, 11) is 0. The molecule has 1 aromatic heterocycles. The van der Waals surface area contributed by atoms with Gasteiger partial charge in [-0.3, -0.25) is 4.79 Å². The van der Waals surface area contributed by atoms with Crippen LogP contribution in [0.3, 0.4) is 0 Å². The fraction of sp³-hybridized carbons (Fsp3) is 0.583. The molecule has 1 amide bonds. The van der Waals surface area contributed by atoms with Crippen molar-refractivity contribution in [3.05, 3.63) is 21.9 Å². The number of hydrogen-bond acceptors (Lipinski definition) is 3. The molecule has 1 aliphatic rings. The molecule has 3 nitrogen and oxygen atoms in total. The van der Waals surface area contributed by atoms with E-state index in [2.05, 4.69) is 5.32 Å². The van der Waals surface area contributed by atoms with E-state index in [0.29, 0.717) is 0 Å². The largest absolute Gasteiger partial charge is 0.376 e. The van der Waals surface area contributed by atoms with Crippen LogP contribution in [0.25, 0.3) is 0 Å². The minimum Gasteiger partial charge on any atom is -0.376 e. The second-order valence-corrected chi connectivity index (χ2v) is 5.51. The molecule has 1 aromatic rings. The molecule has 2 rings (SSSR count). The normalized spacial score (nSPS) is 22.0. The molecule has 0 bridgehead atoms. The highest BCUT2D eigenvalue weighted by molar-refractivity contribution is 7.13. The van der Waals surface area contributed by atoms with Crippen molar-refractivity contribution in [1.29, 1.82) is 0 Å². The molecule has 2 heterocycles. The lowest BCUT2D eigenvalue weighted by Crippen LogP contribution is -2.40. The van der Waals surface area contributed by atoms with Crippen molar-refractivity contribution in [3.8, 4) is 0 Å². The fourth-order valence-electron chi connectivity index (χ4n) is 1.92. The van der Waals surface area contributed by atoms with E-state index in [9.17, 15) is 4.79 Å². The standard InChI is InChI=1S/C12H17NO2S/c1-8-5-6-11(16-8)12(14)13-9(2)10-4-3-7-15-10/h5-6,9-10H,3-4,7H2,1-2H3,(H,13,14)/t9-,10-/m1/s1. The van der Waals surface area contributed by atoms with Crippen LogP contribution in [0.15, 0.2) is 12.1 Å². The predicted molar refractivity (Wildman–Crippen MR) is 65.0 cm³/mol. The summed E-state index contributed by atoms with van der Waals surface area (Å²) in [4.78, 5) is 13.8. The summed E-state index contributed by atoms with van der Waals surface area (Å²) in [6, 6.07) is 3.94. The van der Waals surface area contributed by atoms with Crippen molar-refractivity contribution in [2.24, 2.45) is 0 Å². The first-order chi connectivity index (χ1) is 7.66. The molecule has 1 fully saturated rings. The molecule has 0 aliphatic carbocycles. The molecule has 0 saturated carbocycles. The SMILES string of the molecule is Cc1ccc(C(=O)N[C@H](C)[C@H]2CCCO2)s1. The van der Waals surface area contributed by atoms with Gasteiger partial charge in [0.05, 0.1) is 17.0 Å². The first-order valence-electron chi connectivity index (χ1n) is 5.66. The number of ether oxygens (including phenoxy) is 1. The van der Waals surface area contributed by atoms with Crippen molar-refractivity contribution in [1.82, 2.24) is 5.32 Å². The Balaban J connectivity index is 1.91. The van der Waals surface area contributed by atoms with E-state index in [4.69, 9.17) is 4.74 Å². The van der Waals surface area contributed by atoms with Crippen LogP contribution < -0.4 is 5.32 Å². The molecular weight excluding hydrogens is 222 g/mol. The third-order valence-electron chi connectivity index (χ3n) is 2.85. The van der Waals surface area contributed by atoms with Crippen molar-refractivity contribution < 1.29 is 9.53 Å². The van der Waals surface area contributed by atoms with Gasteiger partial charge in [0.15, 0.2) is 0 Å². The van der Waals surface area contributed by atoms with Crippen LogP contribution in [0.2, 0.25) is 0 Å². The van der Waals surface area contributed by atoms with Crippen molar-refractivity contribution in [3.63, 3.8) is 0 Å². The highest BCUT2D eigenvalue weighted by atomic mass is 32.1. The zero-order valence-corrected chi connectivity index (χ0v) is 10.5. The first kappa shape index (κ1) is 11.6. The molecule has 16 heavy (non-hydrogen) atoms. The molecule has 0 aromatic carbocycles. The second-order valence-electron chi connectivity index (χ2n) is 4.22. The Morgan fingerprint density at radius 1 is 1.62 bits per heavy atom. The second kappa shape index (κ2) is 4.97. The van der Waals surface area contributed by atoms with Crippen molar-refractivity contribution in [2.75, 3.05) is 6.61 Å². The van der Waals surface area contributed by atoms with E-state index in [1.165, 1.54) is 11.3 Å². The van der Waals surface area contributed by atoms with Gasteiger partial charge < -0.3 is 10.1 Å². The van der Waals surface area contributed by atoms with Gasteiger partial charge in [-0.15, -0.1) is 11.3 Å². The summed E-state index contributed by atoms with van der Waals surface area (Å²) in [5.41, 5.74) is 0. The van der Waals surface area contributed by atoms with Crippen LogP contribution in [0.4, 0.5) is 0 Å². The Morgan fingerprint density at radius 2 is 2.44 bits per heavy atom. The van der Waals surface area contributed by atoms with Crippen LogP contribution in [-0.4, -0.2) is 24.7 Å². The lowest BCUT2D eigenvalue weighted by atomic mass is 10.1. The summed E-state index contributed by atoms with van der Waals surface area (Å²) in [5.74, 6) is 0.0149. The zero-order chi connectivity index (χ0) is 11.5. The van der Waals surface area contributed by atoms with Crippen LogP contribution >= 0.6 is 11.3 Å². The van der Waals surface area contributed by atoms with Gasteiger partial charge in [0, 0.05) is 11.5 Å². The third-order valence-corrected chi connectivity index (χ3v) is 3.84. The van der Waals surface area contributed by atoms with Gasteiger partial charge in [-0.05, 0) is 38.8 Å². The van der Waals surface area contributed by atoms with Gasteiger partial charge in [0.1, 0.15) is 0 Å². The lowest BCUT2D eigenvalue weighted by Gasteiger charge is -2.19. The molecule has 0 spiro atoms.